The van der Waals surface area contributed by atoms with Crippen molar-refractivity contribution in [1.29, 1.82) is 0 Å². The first-order valence-corrected chi connectivity index (χ1v) is 6.52. The Bertz CT molecular complexity index is 510. The van der Waals surface area contributed by atoms with Gasteiger partial charge in [0.1, 0.15) is 6.33 Å². The van der Waals surface area contributed by atoms with Crippen molar-refractivity contribution in [3.8, 4) is 0 Å². The van der Waals surface area contributed by atoms with Gasteiger partial charge in [-0.15, -0.1) is 16.8 Å². The Balaban J connectivity index is 2.05. The van der Waals surface area contributed by atoms with Crippen molar-refractivity contribution in [1.82, 2.24) is 14.8 Å². The zero-order valence-electron chi connectivity index (χ0n) is 9.21. The molecule has 1 aromatic carbocycles. The van der Waals surface area contributed by atoms with Gasteiger partial charge in [0.25, 0.3) is 0 Å². The Hall–Kier alpha value is -1.26. The van der Waals surface area contributed by atoms with E-state index in [4.69, 9.17) is 11.6 Å². The molecule has 1 heterocycles. The third-order valence-electron chi connectivity index (χ3n) is 2.22. The number of hydrogen-bond acceptors (Lipinski definition) is 3. The maximum Gasteiger partial charge on any atom is 0.191 e. The van der Waals surface area contributed by atoms with Gasteiger partial charge in [0, 0.05) is 17.3 Å². The van der Waals surface area contributed by atoms with Gasteiger partial charge in [0.05, 0.1) is 0 Å². The lowest BCUT2D eigenvalue weighted by molar-refractivity contribution is 0.725. The van der Waals surface area contributed by atoms with E-state index in [0.29, 0.717) is 0 Å². The molecule has 0 amide bonds. The molecule has 0 radical (unpaired) electrons. The highest BCUT2D eigenvalue weighted by atomic mass is 35.5. The van der Waals surface area contributed by atoms with Gasteiger partial charge in [-0.25, -0.2) is 0 Å². The van der Waals surface area contributed by atoms with Gasteiger partial charge in [0.2, 0.25) is 0 Å². The molecule has 0 aliphatic heterocycles. The van der Waals surface area contributed by atoms with Crippen molar-refractivity contribution in [3.05, 3.63) is 53.8 Å². The highest BCUT2D eigenvalue weighted by Crippen LogP contribution is 2.25. The van der Waals surface area contributed by atoms with E-state index in [1.54, 1.807) is 18.1 Å². The van der Waals surface area contributed by atoms with E-state index in [9.17, 15) is 0 Å². The highest BCUT2D eigenvalue weighted by Gasteiger charge is 2.05. The Morgan fingerprint density at radius 2 is 2.24 bits per heavy atom. The number of halogens is 1. The highest BCUT2D eigenvalue weighted by molar-refractivity contribution is 7.98. The molecule has 0 saturated carbocycles. The van der Waals surface area contributed by atoms with Gasteiger partial charge < -0.3 is 4.57 Å². The number of nitrogens with zero attached hydrogens (tertiary/aromatic N) is 3. The van der Waals surface area contributed by atoms with E-state index in [2.05, 4.69) is 16.8 Å². The predicted octanol–water partition coefficient (Wildman–Crippen LogP) is 3.41. The average Bonchev–Trinajstić information content (AvgIpc) is 2.76. The van der Waals surface area contributed by atoms with Gasteiger partial charge in [-0.3, -0.25) is 0 Å². The van der Waals surface area contributed by atoms with Crippen LogP contribution >= 0.6 is 23.4 Å². The molecule has 1 aromatic heterocycles. The predicted molar refractivity (Wildman–Crippen MR) is 71.2 cm³/mol. The van der Waals surface area contributed by atoms with Crippen LogP contribution in [0.15, 0.2) is 48.4 Å². The van der Waals surface area contributed by atoms with Crippen LogP contribution in [0.1, 0.15) is 5.56 Å². The summed E-state index contributed by atoms with van der Waals surface area (Å²) in [6.45, 7) is 4.42. The second kappa shape index (κ2) is 5.89. The van der Waals surface area contributed by atoms with Gasteiger partial charge >= 0.3 is 0 Å². The molecule has 0 unspecified atom stereocenters. The number of hydrogen-bond donors (Lipinski definition) is 0. The molecule has 0 N–H and O–H groups in total. The summed E-state index contributed by atoms with van der Waals surface area (Å²) < 4.78 is 1.95. The smallest absolute Gasteiger partial charge is 0.191 e. The Labute approximate surface area is 110 Å². The molecule has 2 aromatic rings. The zero-order valence-corrected chi connectivity index (χ0v) is 10.8. The molecule has 0 spiro atoms. The lowest BCUT2D eigenvalue weighted by Gasteiger charge is -2.04. The Morgan fingerprint density at radius 1 is 1.41 bits per heavy atom. The lowest BCUT2D eigenvalue weighted by atomic mass is 10.2. The minimum atomic E-state index is 0.720. The summed E-state index contributed by atoms with van der Waals surface area (Å²) in [6, 6.07) is 7.82. The first-order chi connectivity index (χ1) is 8.31. The lowest BCUT2D eigenvalue weighted by Crippen LogP contribution is -1.95. The maximum absolute atomic E-state index is 6.09. The molecule has 0 saturated heterocycles. The molecule has 0 bridgehead atoms. The maximum atomic E-state index is 6.09. The van der Waals surface area contributed by atoms with Crippen LogP contribution in [0.4, 0.5) is 0 Å². The summed E-state index contributed by atoms with van der Waals surface area (Å²) in [5, 5.41) is 9.62. The molecule has 5 heteroatoms. The number of thioether (sulfide) groups is 1. The van der Waals surface area contributed by atoms with Gasteiger partial charge in [-0.05, 0) is 11.6 Å². The van der Waals surface area contributed by atoms with Crippen LogP contribution in [-0.4, -0.2) is 14.8 Å². The van der Waals surface area contributed by atoms with Crippen molar-refractivity contribution in [2.45, 2.75) is 17.5 Å². The molecular weight excluding hydrogens is 254 g/mol. The summed E-state index contributed by atoms with van der Waals surface area (Å²) in [4.78, 5) is 0. The molecular formula is C12H12ClN3S. The summed E-state index contributed by atoms with van der Waals surface area (Å²) >= 11 is 7.71. The van der Waals surface area contributed by atoms with Crippen LogP contribution in [0.5, 0.6) is 0 Å². The fourth-order valence-electron chi connectivity index (χ4n) is 1.38. The molecule has 0 aliphatic carbocycles. The number of aromatic nitrogens is 3. The van der Waals surface area contributed by atoms with Crippen molar-refractivity contribution in [3.63, 3.8) is 0 Å². The van der Waals surface area contributed by atoms with Crippen LogP contribution < -0.4 is 0 Å². The fraction of sp³-hybridized carbons (Fsp3) is 0.167. The minimum Gasteiger partial charge on any atom is -0.305 e. The van der Waals surface area contributed by atoms with E-state index in [-0.39, 0.29) is 0 Å². The molecule has 88 valence electrons. The Kier molecular flexibility index (Phi) is 4.23. The number of allylic oxidation sites excluding steroid dienone is 1. The summed E-state index contributed by atoms with van der Waals surface area (Å²) in [6.07, 6.45) is 3.53. The third-order valence-corrected chi connectivity index (χ3v) is 3.62. The zero-order chi connectivity index (χ0) is 12.1. The van der Waals surface area contributed by atoms with E-state index >= 15 is 0 Å². The van der Waals surface area contributed by atoms with Crippen LogP contribution in [0.2, 0.25) is 5.02 Å². The summed E-state index contributed by atoms with van der Waals surface area (Å²) in [5.74, 6) is 0.787. The van der Waals surface area contributed by atoms with Crippen molar-refractivity contribution in [2.24, 2.45) is 0 Å². The normalized spacial score (nSPS) is 10.4. The summed E-state index contributed by atoms with van der Waals surface area (Å²) in [7, 11) is 0. The average molecular weight is 266 g/mol. The van der Waals surface area contributed by atoms with E-state index < -0.39 is 0 Å². The first-order valence-electron chi connectivity index (χ1n) is 5.16. The van der Waals surface area contributed by atoms with Gasteiger partial charge in [0.15, 0.2) is 5.16 Å². The molecule has 17 heavy (non-hydrogen) atoms. The van der Waals surface area contributed by atoms with Gasteiger partial charge in [-0.1, -0.05) is 47.6 Å². The van der Waals surface area contributed by atoms with Crippen molar-refractivity contribution >= 4 is 23.4 Å². The quantitative estimate of drug-likeness (QED) is 0.613. The SMILES string of the molecule is C=CCn1cnnc1SCc1ccccc1Cl. The third kappa shape index (κ3) is 3.11. The second-order valence-electron chi connectivity index (χ2n) is 3.43. The topological polar surface area (TPSA) is 30.7 Å². The Morgan fingerprint density at radius 3 is 3.00 bits per heavy atom. The number of rotatable bonds is 5. The molecule has 2 rings (SSSR count). The van der Waals surface area contributed by atoms with E-state index in [1.165, 1.54) is 0 Å². The molecule has 0 fully saturated rings. The van der Waals surface area contributed by atoms with Crippen LogP contribution in [0.25, 0.3) is 0 Å². The molecule has 0 atom stereocenters. The van der Waals surface area contributed by atoms with E-state index in [0.717, 1.165) is 28.0 Å². The second-order valence-corrected chi connectivity index (χ2v) is 4.78. The summed E-state index contributed by atoms with van der Waals surface area (Å²) in [5.41, 5.74) is 1.10. The fourth-order valence-corrected chi connectivity index (χ4v) is 2.59. The first kappa shape index (κ1) is 12.2. The molecule has 0 aliphatic rings. The van der Waals surface area contributed by atoms with Crippen LogP contribution in [0.3, 0.4) is 0 Å². The van der Waals surface area contributed by atoms with Gasteiger partial charge in [-0.2, -0.15) is 0 Å². The van der Waals surface area contributed by atoms with Crippen molar-refractivity contribution in [2.75, 3.05) is 0 Å². The number of benzene rings is 1. The largest absolute Gasteiger partial charge is 0.305 e. The van der Waals surface area contributed by atoms with Crippen molar-refractivity contribution < 1.29 is 0 Å². The standard InChI is InChI=1S/C12H12ClN3S/c1-2-7-16-9-14-15-12(16)17-8-10-5-3-4-6-11(10)13/h2-6,9H,1,7-8H2. The molecule has 3 nitrogen and oxygen atoms in total. The van der Waals surface area contributed by atoms with E-state index in [1.807, 2.05) is 34.9 Å². The minimum absolute atomic E-state index is 0.720. The van der Waals surface area contributed by atoms with Crippen LogP contribution in [-0.2, 0) is 12.3 Å². The van der Waals surface area contributed by atoms with Crippen LogP contribution in [0, 0.1) is 0 Å². The monoisotopic (exact) mass is 265 g/mol.